The summed E-state index contributed by atoms with van der Waals surface area (Å²) in [6, 6.07) is 39.7. The smallest absolute Gasteiger partial charge is 0.349 e. The lowest BCUT2D eigenvalue weighted by Gasteiger charge is -2.01. The number of aromatic carboxylic acids is 3. The Kier molecular flexibility index (Phi) is 36.6. The molecule has 0 radical (unpaired) electrons. The van der Waals surface area contributed by atoms with Crippen molar-refractivity contribution in [3.8, 4) is 46.0 Å². The third-order valence-electron chi connectivity index (χ3n) is 9.49. The van der Waals surface area contributed by atoms with Crippen LogP contribution in [0.15, 0.2) is 183 Å². The maximum atomic E-state index is 11.1. The van der Waals surface area contributed by atoms with Gasteiger partial charge in [-0.3, -0.25) is 4.79 Å². The van der Waals surface area contributed by atoms with E-state index in [1.165, 1.54) is 73.5 Å². The second-order valence-electron chi connectivity index (χ2n) is 15.8. The molecule has 9 N–H and O–H groups in total. The summed E-state index contributed by atoms with van der Waals surface area (Å²) in [6.45, 7) is 6.94. The molecule has 0 amide bonds. The molecule has 8 aromatic rings. The van der Waals surface area contributed by atoms with Gasteiger partial charge in [-0.2, -0.15) is 0 Å². The third kappa shape index (κ3) is 31.2. The van der Waals surface area contributed by atoms with Crippen LogP contribution in [0, 0.1) is 0 Å². The van der Waals surface area contributed by atoms with Crippen molar-refractivity contribution < 1.29 is 93.7 Å². The van der Waals surface area contributed by atoms with Crippen molar-refractivity contribution in [2.24, 2.45) is 0 Å². The minimum Gasteiger partial charge on any atom is -0.508 e. The summed E-state index contributed by atoms with van der Waals surface area (Å²) in [5.41, 5.74) is 2.83. The van der Waals surface area contributed by atoms with Gasteiger partial charge in [0, 0.05) is 26.1 Å². The molecule has 0 atom stereocenters. The van der Waals surface area contributed by atoms with Gasteiger partial charge in [-0.1, -0.05) is 90.3 Å². The molecule has 0 bridgehead atoms. The number of rotatable bonds is 12. The Morgan fingerprint density at radius 3 is 1.56 bits per heavy atom. The van der Waals surface area contributed by atoms with Crippen LogP contribution in [-0.2, 0) is 26.0 Å². The molecule has 2 heterocycles. The van der Waals surface area contributed by atoms with Gasteiger partial charge < -0.3 is 64.9 Å². The summed E-state index contributed by atoms with van der Waals surface area (Å²) in [5.74, 6) is -3.54. The first-order valence-corrected chi connectivity index (χ1v) is 29.0. The number of methoxy groups -OCH3 is 2. The number of benzene rings is 6. The highest BCUT2D eigenvalue weighted by Gasteiger charge is 2.15. The van der Waals surface area contributed by atoms with E-state index in [9.17, 15) is 33.9 Å². The molecule has 0 fully saturated rings. The largest absolute Gasteiger partial charge is 0.508 e. The van der Waals surface area contributed by atoms with Gasteiger partial charge in [0.05, 0.1) is 26.4 Å². The lowest BCUT2D eigenvalue weighted by atomic mass is 10.1. The average molecular weight is 1420 g/mol. The molecule has 6 aromatic carbocycles. The first kappa shape index (κ1) is 74.7. The first-order chi connectivity index (χ1) is 40.3. The van der Waals surface area contributed by atoms with Gasteiger partial charge in [0.1, 0.15) is 51.4 Å². The molecule has 8 rings (SSSR count). The number of carboxylic acid groups (broad SMARTS) is 3. The fraction of sp³-hybridized carbons (Fsp3) is 0.133. The fourth-order valence-electron chi connectivity index (χ4n) is 5.69. The number of halogens is 3. The molecule has 0 saturated carbocycles. The molecule has 0 unspecified atom stereocenters. The number of ether oxygens (including phenoxy) is 4. The van der Waals surface area contributed by atoms with Crippen LogP contribution in [0.5, 0.6) is 46.0 Å². The number of phenols is 5. The molecular weight excluding hydrogens is 1360 g/mol. The summed E-state index contributed by atoms with van der Waals surface area (Å²) in [4.78, 5) is 64.4. The average Bonchev–Trinajstić information content (AvgIpc) is 4.28. The highest BCUT2D eigenvalue weighted by molar-refractivity contribution is 9.10. The predicted octanol–water partition coefficient (Wildman–Crippen LogP) is 14.7. The molecule has 25 heteroatoms. The summed E-state index contributed by atoms with van der Waals surface area (Å²) >= 11 is 15.7. The van der Waals surface area contributed by atoms with Gasteiger partial charge >= 0.3 is 35.8 Å². The Labute approximate surface area is 528 Å². The number of phenolic OH excluding ortho intramolecular Hbond substituents is 4. The molecule has 2 aromatic heterocycles. The highest BCUT2D eigenvalue weighted by atomic mass is 79.9. The van der Waals surface area contributed by atoms with E-state index >= 15 is 0 Å². The van der Waals surface area contributed by atoms with Crippen molar-refractivity contribution in [3.05, 3.63) is 216 Å². The van der Waals surface area contributed by atoms with Crippen molar-refractivity contribution in [2.45, 2.75) is 36.9 Å². The Morgan fingerprint density at radius 1 is 0.588 bits per heavy atom. The van der Waals surface area contributed by atoms with Crippen LogP contribution in [0.25, 0.3) is 0 Å². The Balaban J connectivity index is 0.000000487. The van der Waals surface area contributed by atoms with E-state index in [0.717, 1.165) is 61.5 Å². The number of carbonyl (C=O) groups excluding carboxylic acids is 3. The molecule has 19 nitrogen and oxygen atoms in total. The third-order valence-corrected chi connectivity index (χ3v) is 13.2. The number of alkyl halides is 1. The molecule has 0 aliphatic rings. The lowest BCUT2D eigenvalue weighted by Crippen LogP contribution is -2.04. The van der Waals surface area contributed by atoms with Crippen molar-refractivity contribution in [2.75, 3.05) is 20.8 Å². The Hall–Kier alpha value is -8.33. The van der Waals surface area contributed by atoms with Gasteiger partial charge in [0.2, 0.25) is 0 Å². The Morgan fingerprint density at radius 2 is 1.12 bits per heavy atom. The number of aryl methyl sites for hydroxylation is 1. The second-order valence-corrected chi connectivity index (χ2v) is 20.6. The van der Waals surface area contributed by atoms with Crippen molar-refractivity contribution in [1.29, 1.82) is 0 Å². The van der Waals surface area contributed by atoms with Crippen LogP contribution in [0.1, 0.15) is 81.8 Å². The minimum absolute atomic E-state index is 0.00463. The maximum Gasteiger partial charge on any atom is 0.349 e. The van der Waals surface area contributed by atoms with Gasteiger partial charge in [-0.25, -0.2) is 24.0 Å². The SMILES string of the molecule is C=CCCc1cccc(O)c1.CC(=O)Oc1ccsc1C(=O)O.CCOC(=O)c1cccc(O)c1.COC(=O)c1cc(Br)ccc1O.COc1cccc(CBr)c1.O=C(O)c1cc(Br)ccc1O.O=C(O)c1sccc1O.Oc1cccc(S)c1. The zero-order chi connectivity index (χ0) is 64.0. The van der Waals surface area contributed by atoms with Gasteiger partial charge in [-0.05, 0) is 151 Å². The number of thiophene rings is 2. The van der Waals surface area contributed by atoms with Crippen LogP contribution in [0.4, 0.5) is 0 Å². The monoisotopic (exact) mass is 1420 g/mol. The van der Waals surface area contributed by atoms with Crippen molar-refractivity contribution >= 4 is 119 Å². The van der Waals surface area contributed by atoms with E-state index in [1.54, 1.807) is 74.0 Å². The van der Waals surface area contributed by atoms with Crippen LogP contribution in [0.3, 0.4) is 0 Å². The van der Waals surface area contributed by atoms with Gasteiger partial charge in [0.25, 0.3) is 0 Å². The molecule has 0 aliphatic carbocycles. The second kappa shape index (κ2) is 41.6. The number of carboxylic acids is 3. The lowest BCUT2D eigenvalue weighted by molar-refractivity contribution is -0.131. The number of carbonyl (C=O) groups is 6. The minimum atomic E-state index is -1.14. The first-order valence-electron chi connectivity index (χ1n) is 24.1. The molecule has 452 valence electrons. The Bertz CT molecular complexity index is 3370. The quantitative estimate of drug-likeness (QED) is 0.0235. The van der Waals surface area contributed by atoms with E-state index < -0.39 is 35.8 Å². The predicted molar refractivity (Wildman–Crippen MR) is 337 cm³/mol. The number of hydrogen-bond acceptors (Lipinski definition) is 19. The zero-order valence-electron chi connectivity index (χ0n) is 45.6. The van der Waals surface area contributed by atoms with E-state index in [4.69, 9.17) is 50.3 Å². The van der Waals surface area contributed by atoms with Crippen LogP contribution < -0.4 is 9.47 Å². The van der Waals surface area contributed by atoms with E-state index in [1.807, 2.05) is 42.5 Å². The number of esters is 3. The van der Waals surface area contributed by atoms with Crippen molar-refractivity contribution in [1.82, 2.24) is 0 Å². The molecule has 85 heavy (non-hydrogen) atoms. The molecular formula is C60H59Br3O19S3. The van der Waals surface area contributed by atoms with Gasteiger partial charge in [-0.15, -0.1) is 41.9 Å². The zero-order valence-corrected chi connectivity index (χ0v) is 52.9. The topological polar surface area (TPSA) is 321 Å². The molecule has 0 spiro atoms. The number of thiol groups is 1. The summed E-state index contributed by atoms with van der Waals surface area (Å²) < 4.78 is 20.2. The number of hydrogen-bond donors (Lipinski definition) is 10. The summed E-state index contributed by atoms with van der Waals surface area (Å²) in [5, 5.41) is 83.2. The summed E-state index contributed by atoms with van der Waals surface area (Å²) in [7, 11) is 2.94. The molecule has 0 saturated heterocycles. The number of allylic oxidation sites excluding steroid dienone is 1. The van der Waals surface area contributed by atoms with Crippen LogP contribution >= 0.6 is 83.1 Å². The fourth-order valence-corrected chi connectivity index (χ4v) is 8.26. The number of aromatic hydroxyl groups is 6. The van der Waals surface area contributed by atoms with Crippen molar-refractivity contribution in [3.63, 3.8) is 0 Å². The highest BCUT2D eigenvalue weighted by Crippen LogP contribution is 2.26. The van der Waals surface area contributed by atoms with Crippen LogP contribution in [-0.4, -0.2) is 103 Å². The maximum absolute atomic E-state index is 11.1. The molecule has 0 aliphatic heterocycles. The van der Waals surface area contributed by atoms with Crippen LogP contribution in [0.2, 0.25) is 0 Å². The standard InChI is InChI=1S/C10H12O.C9H10O3.C8H7BrO3.C8H9BrO.C7H5BrO3.C7H6O4S.C6H6OS.C5H4O3S/c1-2-3-5-9-6-4-7-10(11)8-9;1-2-12-9(11)7-4-3-5-8(10)6-7;1-12-8(11)6-4-5(9)2-3-7(6)10;1-10-8-4-2-3-7(5-8)6-9;8-4-1-2-6(9)5(3-4)7(10)11;1-4(8)11-5-2-3-12-6(5)7(9)10;7-5-2-1-3-6(8)4-5;6-3-1-2-9-4(3)5(7)8/h2,4,6-8,11H,1,3,5H2;3-6,10H,2H2,1H3;2-4,10H,1H3;2-5H,6H2,1H3;1-3,9H,(H,10,11);2-3H,1H3,(H,9,10);1-4,7-8H;1-2,6H,(H,7,8). The van der Waals surface area contributed by atoms with E-state index in [0.29, 0.717) is 22.4 Å². The normalized spacial score (nSPS) is 9.41. The van der Waals surface area contributed by atoms with E-state index in [2.05, 4.69) is 82.5 Å². The van der Waals surface area contributed by atoms with E-state index in [-0.39, 0.29) is 55.4 Å². The van der Waals surface area contributed by atoms with Gasteiger partial charge in [0.15, 0.2) is 15.5 Å². The summed E-state index contributed by atoms with van der Waals surface area (Å²) in [6.07, 6.45) is 3.80.